The van der Waals surface area contributed by atoms with Crippen molar-refractivity contribution in [2.24, 2.45) is 11.8 Å². The molecule has 212 valence electrons. The van der Waals surface area contributed by atoms with Crippen molar-refractivity contribution in [2.75, 3.05) is 26.2 Å². The smallest absolute Gasteiger partial charge is 0.312 e. The fourth-order valence-electron chi connectivity index (χ4n) is 5.91. The molecule has 7 atom stereocenters. The van der Waals surface area contributed by atoms with Crippen LogP contribution in [0.5, 0.6) is 0 Å². The minimum Gasteiger partial charge on any atom is -0.460 e. The quantitative estimate of drug-likeness (QED) is 0.177. The average molecular weight is 599 g/mol. The van der Waals surface area contributed by atoms with Gasteiger partial charge in [-0.05, 0) is 40.0 Å². The maximum Gasteiger partial charge on any atom is 0.312 e. The first-order chi connectivity index (χ1) is 18.0. The second kappa shape index (κ2) is 12.7. The number of hydrogen-bond acceptors (Lipinski definition) is 7. The first kappa shape index (κ1) is 30.3. The molecule has 0 aromatic heterocycles. The van der Waals surface area contributed by atoms with Crippen molar-refractivity contribution in [3.63, 3.8) is 0 Å². The number of amides is 3. The van der Waals surface area contributed by atoms with Crippen LogP contribution in [0.1, 0.15) is 46.5 Å². The van der Waals surface area contributed by atoms with Gasteiger partial charge in [0.15, 0.2) is 0 Å². The normalized spacial score (nSPS) is 30.2. The van der Waals surface area contributed by atoms with Crippen molar-refractivity contribution >= 4 is 39.6 Å². The predicted molar refractivity (Wildman–Crippen MR) is 144 cm³/mol. The molecule has 3 aliphatic heterocycles. The Kier molecular flexibility index (Phi) is 10.2. The third kappa shape index (κ3) is 5.70. The maximum atomic E-state index is 14.0. The van der Waals surface area contributed by atoms with Crippen molar-refractivity contribution in [2.45, 2.75) is 81.2 Å². The molecule has 2 N–H and O–H groups in total. The molecule has 3 rings (SSSR count). The molecule has 1 unspecified atom stereocenters. The van der Waals surface area contributed by atoms with E-state index in [9.17, 15) is 24.3 Å². The lowest BCUT2D eigenvalue weighted by atomic mass is 9.70. The molecule has 3 heterocycles. The van der Waals surface area contributed by atoms with E-state index in [1.807, 2.05) is 13.8 Å². The van der Waals surface area contributed by atoms with Crippen molar-refractivity contribution in [1.29, 1.82) is 0 Å². The number of likely N-dealkylation sites (tertiary alicyclic amines) is 1. The van der Waals surface area contributed by atoms with E-state index in [-0.39, 0.29) is 48.3 Å². The lowest BCUT2D eigenvalue weighted by Crippen LogP contribution is -2.58. The van der Waals surface area contributed by atoms with Crippen LogP contribution < -0.4 is 5.32 Å². The number of aliphatic hydroxyl groups is 1. The van der Waals surface area contributed by atoms with Crippen molar-refractivity contribution < 1.29 is 33.8 Å². The number of nitrogens with zero attached hydrogens (tertiary/aromatic N) is 2. The number of aliphatic hydroxyl groups excluding tert-OH is 1. The van der Waals surface area contributed by atoms with Gasteiger partial charge < -0.3 is 29.7 Å². The summed E-state index contributed by atoms with van der Waals surface area (Å²) in [5.74, 6) is -3.15. The van der Waals surface area contributed by atoms with Gasteiger partial charge in [-0.25, -0.2) is 0 Å². The van der Waals surface area contributed by atoms with Crippen LogP contribution in [0.15, 0.2) is 25.3 Å². The highest BCUT2D eigenvalue weighted by Gasteiger charge is 2.77. The first-order valence-electron chi connectivity index (χ1n) is 13.3. The van der Waals surface area contributed by atoms with Gasteiger partial charge in [-0.3, -0.25) is 19.2 Å². The number of ether oxygens (including phenoxy) is 2. The van der Waals surface area contributed by atoms with Crippen LogP contribution in [0.2, 0.25) is 0 Å². The Hall–Kier alpha value is -2.24. The zero-order valence-electron chi connectivity index (χ0n) is 22.4. The molecule has 0 radical (unpaired) electrons. The highest BCUT2D eigenvalue weighted by Crippen LogP contribution is 2.60. The SMILES string of the molecule is C=CCCC(=O)NC[C@H](C)OC(=O)[C@@H]1[C@H]2O[C@@]3(CC2Br)[C@H](C(=O)N(CC=C)C(C)C)N(CCCO)C(=O)[C@@H]13. The second-order valence-corrected chi connectivity index (χ2v) is 11.7. The predicted octanol–water partition coefficient (Wildman–Crippen LogP) is 1.55. The summed E-state index contributed by atoms with van der Waals surface area (Å²) < 4.78 is 12.1. The largest absolute Gasteiger partial charge is 0.460 e. The maximum absolute atomic E-state index is 14.0. The van der Waals surface area contributed by atoms with Gasteiger partial charge >= 0.3 is 5.97 Å². The van der Waals surface area contributed by atoms with Crippen molar-refractivity contribution in [3.8, 4) is 0 Å². The van der Waals surface area contributed by atoms with Crippen LogP contribution in [-0.4, -0.2) is 99.6 Å². The molecule has 2 bridgehead atoms. The van der Waals surface area contributed by atoms with Crippen LogP contribution in [0, 0.1) is 11.8 Å². The topological polar surface area (TPSA) is 125 Å². The van der Waals surface area contributed by atoms with Crippen LogP contribution in [0.4, 0.5) is 0 Å². The summed E-state index contributed by atoms with van der Waals surface area (Å²) in [5.41, 5.74) is -1.19. The van der Waals surface area contributed by atoms with Crippen LogP contribution >= 0.6 is 15.9 Å². The van der Waals surface area contributed by atoms with Crippen molar-refractivity contribution in [1.82, 2.24) is 15.1 Å². The summed E-state index contributed by atoms with van der Waals surface area (Å²) in [6, 6.07) is -1.08. The lowest BCUT2D eigenvalue weighted by Gasteiger charge is -2.38. The molecule has 0 saturated carbocycles. The van der Waals surface area contributed by atoms with E-state index < -0.39 is 41.7 Å². The van der Waals surface area contributed by atoms with Gasteiger partial charge in [0.1, 0.15) is 17.7 Å². The average Bonchev–Trinajstić information content (AvgIpc) is 3.46. The van der Waals surface area contributed by atoms with E-state index in [0.717, 1.165) is 0 Å². The molecular formula is C27H40BrN3O7. The van der Waals surface area contributed by atoms with Gasteiger partial charge in [0, 0.05) is 37.0 Å². The number of nitrogens with one attached hydrogen (secondary N) is 1. The number of alkyl halides is 1. The lowest BCUT2D eigenvalue weighted by molar-refractivity contribution is -0.159. The summed E-state index contributed by atoms with van der Waals surface area (Å²) in [5, 5.41) is 12.2. The number of carbonyl (C=O) groups excluding carboxylic acids is 4. The van der Waals surface area contributed by atoms with Gasteiger partial charge in [-0.15, -0.1) is 13.2 Å². The molecule has 3 saturated heterocycles. The highest BCUT2D eigenvalue weighted by atomic mass is 79.9. The molecule has 1 spiro atoms. The van der Waals surface area contributed by atoms with E-state index in [1.165, 1.54) is 4.90 Å². The fraction of sp³-hybridized carbons (Fsp3) is 0.704. The van der Waals surface area contributed by atoms with Gasteiger partial charge in [0.2, 0.25) is 17.7 Å². The van der Waals surface area contributed by atoms with E-state index >= 15 is 0 Å². The Labute approximate surface area is 232 Å². The summed E-state index contributed by atoms with van der Waals surface area (Å²) in [6.07, 6.45) is 3.57. The molecule has 11 heteroatoms. The molecule has 0 aliphatic carbocycles. The number of fused-ring (bicyclic) bond motifs is 1. The molecule has 0 aromatic carbocycles. The van der Waals surface area contributed by atoms with Crippen LogP contribution in [0.3, 0.4) is 0 Å². The number of halogens is 1. The Bertz CT molecular complexity index is 944. The number of allylic oxidation sites excluding steroid dienone is 1. The molecule has 3 fully saturated rings. The number of carbonyl (C=O) groups is 4. The standard InChI is InChI=1S/C27H40BrN3O7/c1-6-8-10-19(33)29-15-17(5)37-26(36)20-21-24(34)31(12-9-13-32)23(25(35)30(11-7-2)16(3)4)27(21)14-18(28)22(20)38-27/h6-7,16-18,20-23,32H,1-2,8-15H2,3-5H3,(H,29,33)/t17-,18?,20-,21+,22-,23-,27+/m0/s1. The van der Waals surface area contributed by atoms with E-state index in [1.54, 1.807) is 24.0 Å². The minimum absolute atomic E-state index is 0.135. The Morgan fingerprint density at radius 2 is 2.03 bits per heavy atom. The Balaban J connectivity index is 1.86. The summed E-state index contributed by atoms with van der Waals surface area (Å²) in [6.45, 7) is 13.3. The van der Waals surface area contributed by atoms with E-state index in [4.69, 9.17) is 9.47 Å². The number of hydrogen-bond donors (Lipinski definition) is 2. The summed E-state index contributed by atoms with van der Waals surface area (Å²) in [4.78, 5) is 56.1. The van der Waals surface area contributed by atoms with Gasteiger partial charge in [0.25, 0.3) is 0 Å². The highest BCUT2D eigenvalue weighted by molar-refractivity contribution is 9.09. The van der Waals surface area contributed by atoms with Gasteiger partial charge in [-0.2, -0.15) is 0 Å². The second-order valence-electron chi connectivity index (χ2n) is 10.5. The van der Waals surface area contributed by atoms with E-state index in [2.05, 4.69) is 34.4 Å². The minimum atomic E-state index is -1.19. The molecule has 3 aliphatic rings. The Morgan fingerprint density at radius 1 is 1.32 bits per heavy atom. The van der Waals surface area contributed by atoms with Crippen LogP contribution in [0.25, 0.3) is 0 Å². The summed E-state index contributed by atoms with van der Waals surface area (Å²) >= 11 is 3.63. The monoisotopic (exact) mass is 597 g/mol. The number of esters is 1. The molecular weight excluding hydrogens is 558 g/mol. The van der Waals surface area contributed by atoms with Crippen LogP contribution in [-0.2, 0) is 28.7 Å². The Morgan fingerprint density at radius 3 is 2.63 bits per heavy atom. The van der Waals surface area contributed by atoms with Crippen molar-refractivity contribution in [3.05, 3.63) is 25.3 Å². The summed E-state index contributed by atoms with van der Waals surface area (Å²) in [7, 11) is 0. The third-order valence-corrected chi connectivity index (χ3v) is 8.41. The number of rotatable bonds is 14. The third-order valence-electron chi connectivity index (χ3n) is 7.56. The molecule has 3 amide bonds. The van der Waals surface area contributed by atoms with Gasteiger partial charge in [0.05, 0.1) is 24.5 Å². The zero-order valence-corrected chi connectivity index (χ0v) is 24.0. The van der Waals surface area contributed by atoms with Gasteiger partial charge in [-0.1, -0.05) is 28.1 Å². The molecule has 38 heavy (non-hydrogen) atoms. The zero-order chi connectivity index (χ0) is 28.2. The first-order valence-corrected chi connectivity index (χ1v) is 14.2. The molecule has 0 aromatic rings. The molecule has 10 nitrogen and oxygen atoms in total. The fourth-order valence-corrected chi connectivity index (χ4v) is 6.85. The van der Waals surface area contributed by atoms with E-state index in [0.29, 0.717) is 32.2 Å².